The van der Waals surface area contributed by atoms with E-state index in [0.717, 1.165) is 28.8 Å². The third kappa shape index (κ3) is 2.73. The second-order valence-corrected chi connectivity index (χ2v) is 8.49. The van der Waals surface area contributed by atoms with E-state index in [0.29, 0.717) is 22.0 Å². The van der Waals surface area contributed by atoms with Crippen molar-refractivity contribution in [1.82, 2.24) is 4.98 Å². The number of nitrogens with two attached hydrogens (primary N) is 1. The molecule has 0 amide bonds. The Kier molecular flexibility index (Phi) is 4.31. The lowest BCUT2D eigenvalue weighted by Crippen LogP contribution is -2.08. The highest BCUT2D eigenvalue weighted by Gasteiger charge is 2.24. The first-order valence-electron chi connectivity index (χ1n) is 9.32. The van der Waals surface area contributed by atoms with Gasteiger partial charge in [-0.25, -0.2) is 4.98 Å². The summed E-state index contributed by atoms with van der Waals surface area (Å²) in [5, 5.41) is 1.03. The van der Waals surface area contributed by atoms with E-state index in [2.05, 4.69) is 20.8 Å². The maximum atomic E-state index is 13.1. The number of thiophene rings is 1. The Morgan fingerprint density at radius 2 is 1.77 bits per heavy atom. The van der Waals surface area contributed by atoms with Crippen LogP contribution < -0.4 is 5.73 Å². The molecule has 2 N–H and O–H groups in total. The fourth-order valence-electron chi connectivity index (χ4n) is 3.92. The summed E-state index contributed by atoms with van der Waals surface area (Å²) in [6.07, 6.45) is 4.49. The Labute approximate surface area is 158 Å². The molecule has 134 valence electrons. The van der Waals surface area contributed by atoms with Crippen LogP contribution in [-0.4, -0.2) is 10.8 Å². The summed E-state index contributed by atoms with van der Waals surface area (Å²) in [6, 6.07) is 7.89. The van der Waals surface area contributed by atoms with Gasteiger partial charge in [0.15, 0.2) is 0 Å². The molecule has 2 aromatic heterocycles. The first-order valence-corrected chi connectivity index (χ1v) is 10.1. The van der Waals surface area contributed by atoms with Gasteiger partial charge in [0.1, 0.15) is 9.71 Å². The SMILES string of the molecule is Cc1nc2sc(C(=O)c3ccc(C(C)C)cc3)c(N)c2c2c1CCCC2. The summed E-state index contributed by atoms with van der Waals surface area (Å²) in [5.41, 5.74) is 12.8. The van der Waals surface area contributed by atoms with E-state index >= 15 is 0 Å². The topological polar surface area (TPSA) is 56.0 Å². The number of hydrogen-bond donors (Lipinski definition) is 1. The van der Waals surface area contributed by atoms with Crippen LogP contribution in [0.1, 0.15) is 70.2 Å². The lowest BCUT2D eigenvalue weighted by atomic mass is 9.88. The Morgan fingerprint density at radius 3 is 2.42 bits per heavy atom. The summed E-state index contributed by atoms with van der Waals surface area (Å²) in [5.74, 6) is 0.454. The van der Waals surface area contributed by atoms with Crippen molar-refractivity contribution in [2.45, 2.75) is 52.4 Å². The van der Waals surface area contributed by atoms with Crippen LogP contribution in [0.3, 0.4) is 0 Å². The molecule has 4 heteroatoms. The molecule has 1 aromatic carbocycles. The zero-order valence-electron chi connectivity index (χ0n) is 15.6. The molecule has 26 heavy (non-hydrogen) atoms. The normalized spacial score (nSPS) is 14.0. The number of ketones is 1. The van der Waals surface area contributed by atoms with Crippen molar-refractivity contribution in [2.75, 3.05) is 5.73 Å². The van der Waals surface area contributed by atoms with E-state index in [-0.39, 0.29) is 5.78 Å². The highest BCUT2D eigenvalue weighted by Crippen LogP contribution is 2.40. The predicted octanol–water partition coefficient (Wildman–Crippen LogP) is 5.42. The first kappa shape index (κ1) is 17.2. The number of pyridine rings is 1. The highest BCUT2D eigenvalue weighted by atomic mass is 32.1. The number of nitrogen functional groups attached to an aromatic ring is 1. The third-order valence-electron chi connectivity index (χ3n) is 5.45. The van der Waals surface area contributed by atoms with Gasteiger partial charge in [0.05, 0.1) is 5.69 Å². The molecule has 0 unspecified atom stereocenters. The van der Waals surface area contributed by atoms with Crippen molar-refractivity contribution in [3.8, 4) is 0 Å². The van der Waals surface area contributed by atoms with Crippen LogP contribution in [0.5, 0.6) is 0 Å². The first-order chi connectivity index (χ1) is 12.5. The van der Waals surface area contributed by atoms with Crippen LogP contribution in [0.15, 0.2) is 24.3 Å². The number of hydrogen-bond acceptors (Lipinski definition) is 4. The molecular weight excluding hydrogens is 340 g/mol. The van der Waals surface area contributed by atoms with Crippen molar-refractivity contribution < 1.29 is 4.79 Å². The van der Waals surface area contributed by atoms with Crippen molar-refractivity contribution in [3.05, 3.63) is 57.1 Å². The molecule has 2 heterocycles. The molecule has 0 spiro atoms. The van der Waals surface area contributed by atoms with Gasteiger partial charge in [-0.05, 0) is 55.2 Å². The molecule has 4 rings (SSSR count). The number of aromatic nitrogens is 1. The van der Waals surface area contributed by atoms with E-state index in [1.54, 1.807) is 0 Å². The Balaban J connectivity index is 1.82. The molecule has 0 radical (unpaired) electrons. The van der Waals surface area contributed by atoms with Gasteiger partial charge < -0.3 is 5.73 Å². The van der Waals surface area contributed by atoms with E-state index in [1.165, 1.54) is 40.9 Å². The Hall–Kier alpha value is -2.20. The maximum Gasteiger partial charge on any atom is 0.205 e. The molecular formula is C22H24N2OS. The number of fused-ring (bicyclic) bond motifs is 3. The van der Waals surface area contributed by atoms with Crippen LogP contribution in [0.2, 0.25) is 0 Å². The quantitative estimate of drug-likeness (QED) is 0.631. The minimum atomic E-state index is 0.00280. The fourth-order valence-corrected chi connectivity index (χ4v) is 5.05. The molecule has 0 atom stereocenters. The standard InChI is InChI=1S/C22H24N2OS/c1-12(2)14-8-10-15(11-9-14)20(25)21-19(23)18-17-7-5-4-6-16(17)13(3)24-22(18)26-21/h8-12H,4-7,23H2,1-3H3. The van der Waals surface area contributed by atoms with Crippen LogP contribution >= 0.6 is 11.3 Å². The molecule has 0 fully saturated rings. The van der Waals surface area contributed by atoms with Gasteiger partial charge in [-0.15, -0.1) is 11.3 Å². The van der Waals surface area contributed by atoms with Gasteiger partial charge in [-0.3, -0.25) is 4.79 Å². The molecule has 1 aliphatic carbocycles. The number of rotatable bonds is 3. The second-order valence-electron chi connectivity index (χ2n) is 7.49. The minimum absolute atomic E-state index is 0.00280. The summed E-state index contributed by atoms with van der Waals surface area (Å²) < 4.78 is 0. The van der Waals surface area contributed by atoms with E-state index < -0.39 is 0 Å². The molecule has 0 aliphatic heterocycles. The molecule has 0 bridgehead atoms. The van der Waals surface area contributed by atoms with Crippen LogP contribution in [0, 0.1) is 6.92 Å². The summed E-state index contributed by atoms with van der Waals surface area (Å²) >= 11 is 1.44. The molecule has 1 aliphatic rings. The predicted molar refractivity (Wildman–Crippen MR) is 109 cm³/mol. The van der Waals surface area contributed by atoms with Crippen molar-refractivity contribution in [2.24, 2.45) is 0 Å². The fraction of sp³-hybridized carbons (Fsp3) is 0.364. The largest absolute Gasteiger partial charge is 0.397 e. The second kappa shape index (κ2) is 6.51. The van der Waals surface area contributed by atoms with Gasteiger partial charge in [0.2, 0.25) is 5.78 Å². The van der Waals surface area contributed by atoms with Gasteiger partial charge >= 0.3 is 0 Å². The monoisotopic (exact) mass is 364 g/mol. The third-order valence-corrected chi connectivity index (χ3v) is 6.55. The Bertz CT molecular complexity index is 999. The van der Waals surface area contributed by atoms with Crippen molar-refractivity contribution in [1.29, 1.82) is 0 Å². The van der Waals surface area contributed by atoms with Crippen molar-refractivity contribution >= 4 is 33.0 Å². The average Bonchev–Trinajstić information content (AvgIpc) is 2.98. The zero-order chi connectivity index (χ0) is 18.4. The number of aryl methyl sites for hydroxylation is 2. The average molecular weight is 365 g/mol. The lowest BCUT2D eigenvalue weighted by Gasteiger charge is -2.18. The number of benzene rings is 1. The summed E-state index contributed by atoms with van der Waals surface area (Å²) in [7, 11) is 0. The van der Waals surface area contributed by atoms with Gasteiger partial charge in [0, 0.05) is 16.6 Å². The molecule has 3 nitrogen and oxygen atoms in total. The van der Waals surface area contributed by atoms with Crippen LogP contribution in [0.4, 0.5) is 5.69 Å². The van der Waals surface area contributed by atoms with Crippen molar-refractivity contribution in [3.63, 3.8) is 0 Å². The van der Waals surface area contributed by atoms with Gasteiger partial charge in [-0.1, -0.05) is 38.1 Å². The van der Waals surface area contributed by atoms with E-state index in [4.69, 9.17) is 10.7 Å². The lowest BCUT2D eigenvalue weighted by molar-refractivity contribution is 0.104. The van der Waals surface area contributed by atoms with E-state index in [1.807, 2.05) is 24.3 Å². The summed E-state index contributed by atoms with van der Waals surface area (Å²) in [6.45, 7) is 6.38. The maximum absolute atomic E-state index is 13.1. The number of carbonyl (C=O) groups excluding carboxylic acids is 1. The molecule has 3 aromatic rings. The van der Waals surface area contributed by atoms with Gasteiger partial charge in [-0.2, -0.15) is 0 Å². The van der Waals surface area contributed by atoms with Crippen LogP contribution in [-0.2, 0) is 12.8 Å². The van der Waals surface area contributed by atoms with E-state index in [9.17, 15) is 4.79 Å². The molecule has 0 saturated heterocycles. The zero-order valence-corrected chi connectivity index (χ0v) is 16.4. The van der Waals surface area contributed by atoms with Crippen LogP contribution in [0.25, 0.3) is 10.2 Å². The number of carbonyl (C=O) groups is 1. The smallest absolute Gasteiger partial charge is 0.205 e. The van der Waals surface area contributed by atoms with Gasteiger partial charge in [0.25, 0.3) is 0 Å². The number of anilines is 1. The molecule has 0 saturated carbocycles. The number of nitrogens with zero attached hydrogens (tertiary/aromatic N) is 1. The Morgan fingerprint density at radius 1 is 1.12 bits per heavy atom. The highest BCUT2D eigenvalue weighted by molar-refractivity contribution is 7.21. The summed E-state index contributed by atoms with van der Waals surface area (Å²) in [4.78, 5) is 19.4. The minimum Gasteiger partial charge on any atom is -0.397 e.